The molecule has 0 aliphatic heterocycles. The first-order valence-corrected chi connectivity index (χ1v) is 7.85. The highest BCUT2D eigenvalue weighted by molar-refractivity contribution is 5.85. The minimum atomic E-state index is 0. The molecule has 22 heavy (non-hydrogen) atoms. The molecule has 2 aromatic rings. The van der Waals surface area contributed by atoms with Crippen molar-refractivity contribution in [2.75, 3.05) is 0 Å². The summed E-state index contributed by atoms with van der Waals surface area (Å²) in [6.07, 6.45) is 3.16. The number of hydrogen-bond acceptors (Lipinski definition) is 3. The van der Waals surface area contributed by atoms with Crippen molar-refractivity contribution in [1.29, 1.82) is 0 Å². The van der Waals surface area contributed by atoms with Gasteiger partial charge < -0.3 is 5.32 Å². The molecule has 0 amide bonds. The molecule has 6 heteroatoms. The summed E-state index contributed by atoms with van der Waals surface area (Å²) in [4.78, 5) is 0. The Labute approximate surface area is 139 Å². The topological polar surface area (TPSA) is 47.7 Å². The van der Waals surface area contributed by atoms with Crippen molar-refractivity contribution in [3.8, 4) is 0 Å². The van der Waals surface area contributed by atoms with Crippen LogP contribution in [0.25, 0.3) is 0 Å². The Bertz CT molecular complexity index is 559. The predicted molar refractivity (Wildman–Crippen MR) is 92.1 cm³/mol. The lowest BCUT2D eigenvalue weighted by molar-refractivity contribution is 0.477. The van der Waals surface area contributed by atoms with Crippen molar-refractivity contribution in [1.82, 2.24) is 24.9 Å². The Morgan fingerprint density at radius 2 is 2.00 bits per heavy atom. The van der Waals surface area contributed by atoms with E-state index < -0.39 is 0 Å². The largest absolute Gasteiger partial charge is 0.305 e. The SMILES string of the molecule is CCCn1nc(C)cc1CNCc1ccn(CC(C)C)n1.Cl. The van der Waals surface area contributed by atoms with E-state index in [1.807, 2.05) is 11.6 Å². The lowest BCUT2D eigenvalue weighted by Crippen LogP contribution is -2.17. The van der Waals surface area contributed by atoms with Crippen LogP contribution in [0.15, 0.2) is 18.3 Å². The van der Waals surface area contributed by atoms with Crippen LogP contribution in [-0.4, -0.2) is 19.6 Å². The highest BCUT2D eigenvalue weighted by Crippen LogP contribution is 2.06. The molecule has 2 aromatic heterocycles. The quantitative estimate of drug-likeness (QED) is 0.811. The van der Waals surface area contributed by atoms with Crippen molar-refractivity contribution in [3.63, 3.8) is 0 Å². The molecule has 2 rings (SSSR count). The molecule has 0 bridgehead atoms. The summed E-state index contributed by atoms with van der Waals surface area (Å²) in [5.74, 6) is 0.622. The van der Waals surface area contributed by atoms with Crippen molar-refractivity contribution in [3.05, 3.63) is 35.4 Å². The van der Waals surface area contributed by atoms with Crippen molar-refractivity contribution >= 4 is 12.4 Å². The van der Waals surface area contributed by atoms with E-state index in [1.165, 1.54) is 5.69 Å². The third-order valence-corrected chi connectivity index (χ3v) is 3.28. The molecule has 124 valence electrons. The third kappa shape index (κ3) is 5.46. The average Bonchev–Trinajstić information content (AvgIpc) is 2.97. The predicted octanol–water partition coefficient (Wildman–Crippen LogP) is 3.17. The maximum atomic E-state index is 4.58. The van der Waals surface area contributed by atoms with Gasteiger partial charge in [0, 0.05) is 32.4 Å². The first-order valence-electron chi connectivity index (χ1n) is 7.85. The standard InChI is InChI=1S/C16H27N5.ClH/c1-5-7-21-16(9-14(4)18-21)11-17-10-15-6-8-20(19-15)12-13(2)3;/h6,8-9,13,17H,5,7,10-12H2,1-4H3;1H. The van der Waals surface area contributed by atoms with Gasteiger partial charge in [-0.3, -0.25) is 9.36 Å². The van der Waals surface area contributed by atoms with Crippen molar-refractivity contribution in [2.45, 2.75) is 60.3 Å². The molecule has 0 spiro atoms. The van der Waals surface area contributed by atoms with Crippen LogP contribution in [-0.2, 0) is 26.2 Å². The number of aromatic nitrogens is 4. The summed E-state index contributed by atoms with van der Waals surface area (Å²) in [6.45, 7) is 12.2. The summed E-state index contributed by atoms with van der Waals surface area (Å²) in [6, 6.07) is 4.24. The van der Waals surface area contributed by atoms with Crippen LogP contribution in [0.4, 0.5) is 0 Å². The van der Waals surface area contributed by atoms with Gasteiger partial charge in [0.15, 0.2) is 0 Å². The van der Waals surface area contributed by atoms with Crippen LogP contribution in [0.3, 0.4) is 0 Å². The fraction of sp³-hybridized carbons (Fsp3) is 0.625. The molecule has 0 saturated heterocycles. The molecule has 0 fully saturated rings. The molecular formula is C16H28ClN5. The van der Waals surface area contributed by atoms with Gasteiger partial charge in [-0.1, -0.05) is 20.8 Å². The molecule has 0 unspecified atom stereocenters. The molecule has 2 heterocycles. The van der Waals surface area contributed by atoms with Crippen LogP contribution in [0, 0.1) is 12.8 Å². The van der Waals surface area contributed by atoms with Gasteiger partial charge in [-0.15, -0.1) is 12.4 Å². The molecule has 0 aliphatic rings. The van der Waals surface area contributed by atoms with E-state index in [-0.39, 0.29) is 12.4 Å². The third-order valence-electron chi connectivity index (χ3n) is 3.28. The van der Waals surface area contributed by atoms with Crippen molar-refractivity contribution < 1.29 is 0 Å². The lowest BCUT2D eigenvalue weighted by Gasteiger charge is -2.07. The van der Waals surface area contributed by atoms with Gasteiger partial charge in [0.25, 0.3) is 0 Å². The number of aryl methyl sites for hydroxylation is 2. The smallest absolute Gasteiger partial charge is 0.0762 e. The molecule has 0 aromatic carbocycles. The van der Waals surface area contributed by atoms with E-state index >= 15 is 0 Å². The number of nitrogens with zero attached hydrogens (tertiary/aromatic N) is 4. The maximum absolute atomic E-state index is 4.58. The lowest BCUT2D eigenvalue weighted by atomic mass is 10.2. The highest BCUT2D eigenvalue weighted by atomic mass is 35.5. The second-order valence-corrected chi connectivity index (χ2v) is 6.03. The van der Waals surface area contributed by atoms with Gasteiger partial charge in [-0.2, -0.15) is 10.2 Å². The zero-order valence-electron chi connectivity index (χ0n) is 14.0. The second kappa shape index (κ2) is 8.96. The Kier molecular flexibility index (Phi) is 7.62. The summed E-state index contributed by atoms with van der Waals surface area (Å²) < 4.78 is 4.12. The first-order chi connectivity index (χ1) is 10.1. The molecule has 1 N–H and O–H groups in total. The maximum Gasteiger partial charge on any atom is 0.0762 e. The van der Waals surface area contributed by atoms with Gasteiger partial charge in [0.2, 0.25) is 0 Å². The Balaban J connectivity index is 0.00000242. The van der Waals surface area contributed by atoms with Crippen LogP contribution in [0.5, 0.6) is 0 Å². The van der Waals surface area contributed by atoms with E-state index in [0.29, 0.717) is 5.92 Å². The summed E-state index contributed by atoms with van der Waals surface area (Å²) in [5, 5.41) is 12.6. The van der Waals surface area contributed by atoms with Crippen molar-refractivity contribution in [2.24, 2.45) is 5.92 Å². The van der Waals surface area contributed by atoms with E-state index in [1.54, 1.807) is 0 Å². The fourth-order valence-corrected chi connectivity index (χ4v) is 2.44. The second-order valence-electron chi connectivity index (χ2n) is 6.03. The zero-order valence-corrected chi connectivity index (χ0v) is 14.9. The monoisotopic (exact) mass is 325 g/mol. The number of hydrogen-bond donors (Lipinski definition) is 1. The average molecular weight is 326 g/mol. The van der Waals surface area contributed by atoms with E-state index in [2.05, 4.69) is 59.3 Å². The summed E-state index contributed by atoms with van der Waals surface area (Å²) in [7, 11) is 0. The minimum Gasteiger partial charge on any atom is -0.305 e. The van der Waals surface area contributed by atoms with Gasteiger partial charge >= 0.3 is 0 Å². The molecule has 0 atom stereocenters. The van der Waals surface area contributed by atoms with Crippen LogP contribution < -0.4 is 5.32 Å². The summed E-state index contributed by atoms with van der Waals surface area (Å²) in [5.41, 5.74) is 3.42. The number of halogens is 1. The van der Waals surface area contributed by atoms with E-state index in [0.717, 1.165) is 44.0 Å². The van der Waals surface area contributed by atoms with Crippen LogP contribution in [0.1, 0.15) is 44.3 Å². The summed E-state index contributed by atoms with van der Waals surface area (Å²) >= 11 is 0. The molecule has 0 saturated carbocycles. The Morgan fingerprint density at radius 3 is 2.68 bits per heavy atom. The molecule has 5 nitrogen and oxygen atoms in total. The van der Waals surface area contributed by atoms with Crippen LogP contribution in [0.2, 0.25) is 0 Å². The van der Waals surface area contributed by atoms with E-state index in [9.17, 15) is 0 Å². The number of nitrogens with one attached hydrogen (secondary N) is 1. The van der Waals surface area contributed by atoms with Crippen LogP contribution >= 0.6 is 12.4 Å². The zero-order chi connectivity index (χ0) is 15.2. The van der Waals surface area contributed by atoms with Gasteiger partial charge in [0.05, 0.1) is 17.1 Å². The molecule has 0 aliphatic carbocycles. The Hall–Kier alpha value is -1.33. The van der Waals surface area contributed by atoms with E-state index in [4.69, 9.17) is 0 Å². The fourth-order valence-electron chi connectivity index (χ4n) is 2.44. The van der Waals surface area contributed by atoms with Gasteiger partial charge in [-0.25, -0.2) is 0 Å². The molecular weight excluding hydrogens is 298 g/mol. The molecule has 0 radical (unpaired) electrons. The van der Waals surface area contributed by atoms with Gasteiger partial charge in [0.1, 0.15) is 0 Å². The van der Waals surface area contributed by atoms with Gasteiger partial charge in [-0.05, 0) is 31.4 Å². The first kappa shape index (κ1) is 18.7. The normalized spacial score (nSPS) is 11.0. The Morgan fingerprint density at radius 1 is 1.23 bits per heavy atom. The highest BCUT2D eigenvalue weighted by Gasteiger charge is 2.05. The number of rotatable bonds is 8. The minimum absolute atomic E-state index is 0.